The molecule has 1 aliphatic heterocycles. The van der Waals surface area contributed by atoms with Gasteiger partial charge >= 0.3 is 0 Å². The van der Waals surface area contributed by atoms with Crippen molar-refractivity contribution >= 4 is 11.6 Å². The molecular weight excluding hydrogens is 221 g/mol. The van der Waals surface area contributed by atoms with Crippen molar-refractivity contribution < 1.29 is 9.18 Å². The number of benzene rings is 1. The zero-order chi connectivity index (χ0) is 12.6. The van der Waals surface area contributed by atoms with Gasteiger partial charge in [-0.05, 0) is 26.2 Å². The van der Waals surface area contributed by atoms with E-state index in [0.29, 0.717) is 24.3 Å². The summed E-state index contributed by atoms with van der Waals surface area (Å²) >= 11 is 0. The maximum atomic E-state index is 13.2. The number of hydrogen-bond acceptors (Lipinski definition) is 3. The summed E-state index contributed by atoms with van der Waals surface area (Å²) < 4.78 is 13.2. The summed E-state index contributed by atoms with van der Waals surface area (Å²) in [5.41, 5.74) is 7.11. The van der Waals surface area contributed by atoms with E-state index in [1.54, 1.807) is 11.0 Å². The van der Waals surface area contributed by atoms with Gasteiger partial charge in [0.1, 0.15) is 11.9 Å². The van der Waals surface area contributed by atoms with E-state index < -0.39 is 6.04 Å². The normalized spacial score (nSPS) is 19.0. The highest BCUT2D eigenvalue weighted by atomic mass is 19.1. The van der Waals surface area contributed by atoms with Crippen molar-refractivity contribution in [2.75, 3.05) is 32.1 Å². The Morgan fingerprint density at radius 1 is 1.47 bits per heavy atom. The van der Waals surface area contributed by atoms with Crippen LogP contribution in [-0.4, -0.2) is 38.0 Å². The number of hydrogen-bond donors (Lipinski definition) is 1. The van der Waals surface area contributed by atoms with Crippen LogP contribution in [0.4, 0.5) is 10.1 Å². The van der Waals surface area contributed by atoms with Gasteiger partial charge in [-0.1, -0.05) is 6.07 Å². The van der Waals surface area contributed by atoms with Gasteiger partial charge in [-0.25, -0.2) is 4.39 Å². The summed E-state index contributed by atoms with van der Waals surface area (Å²) in [7, 11) is 3.85. The molecule has 92 valence electrons. The van der Waals surface area contributed by atoms with Crippen LogP contribution in [0, 0.1) is 5.82 Å². The minimum Gasteiger partial charge on any atom is -0.316 e. The van der Waals surface area contributed by atoms with Crippen molar-refractivity contribution in [3.8, 4) is 0 Å². The van der Waals surface area contributed by atoms with E-state index in [0.717, 1.165) is 0 Å². The van der Waals surface area contributed by atoms with Crippen LogP contribution >= 0.6 is 0 Å². The van der Waals surface area contributed by atoms with Crippen molar-refractivity contribution in [1.29, 1.82) is 0 Å². The van der Waals surface area contributed by atoms with Gasteiger partial charge in [0.2, 0.25) is 5.91 Å². The van der Waals surface area contributed by atoms with Crippen molar-refractivity contribution in [3.05, 3.63) is 29.6 Å². The Kier molecular flexibility index (Phi) is 3.13. The van der Waals surface area contributed by atoms with Gasteiger partial charge in [-0.15, -0.1) is 0 Å². The summed E-state index contributed by atoms with van der Waals surface area (Å²) in [5, 5.41) is 0. The highest BCUT2D eigenvalue weighted by molar-refractivity contribution is 6.04. The van der Waals surface area contributed by atoms with Gasteiger partial charge in [0, 0.05) is 18.7 Å². The zero-order valence-electron chi connectivity index (χ0n) is 9.98. The average molecular weight is 237 g/mol. The topological polar surface area (TPSA) is 49.6 Å². The third-order valence-electron chi connectivity index (χ3n) is 2.92. The molecule has 0 radical (unpaired) electrons. The number of nitrogens with zero attached hydrogens (tertiary/aromatic N) is 2. The number of rotatable bonds is 3. The molecule has 1 unspecified atom stereocenters. The number of anilines is 1. The predicted molar refractivity (Wildman–Crippen MR) is 64.2 cm³/mol. The molecule has 2 N–H and O–H groups in total. The molecule has 0 spiro atoms. The summed E-state index contributed by atoms with van der Waals surface area (Å²) in [5.74, 6) is -0.507. The smallest absolute Gasteiger partial charge is 0.248 e. The highest BCUT2D eigenvalue weighted by Crippen LogP contribution is 2.34. The molecule has 0 bridgehead atoms. The highest BCUT2D eigenvalue weighted by Gasteiger charge is 2.34. The number of nitrogens with two attached hydrogens (primary N) is 1. The van der Waals surface area contributed by atoms with E-state index in [4.69, 9.17) is 5.73 Å². The van der Waals surface area contributed by atoms with Crippen LogP contribution in [0.2, 0.25) is 0 Å². The maximum Gasteiger partial charge on any atom is 0.248 e. The van der Waals surface area contributed by atoms with Gasteiger partial charge in [-0.2, -0.15) is 0 Å². The fourth-order valence-corrected chi connectivity index (χ4v) is 1.96. The van der Waals surface area contributed by atoms with Crippen molar-refractivity contribution in [3.63, 3.8) is 0 Å². The lowest BCUT2D eigenvalue weighted by Crippen LogP contribution is -2.36. The first-order chi connectivity index (χ1) is 8.00. The molecule has 1 atom stereocenters. The molecule has 0 fully saturated rings. The second-order valence-corrected chi connectivity index (χ2v) is 4.47. The number of likely N-dealkylation sites (N-methyl/N-ethyl adjacent to an activating group) is 1. The Morgan fingerprint density at radius 3 is 2.82 bits per heavy atom. The van der Waals surface area contributed by atoms with Crippen LogP contribution in [0.15, 0.2) is 18.2 Å². The van der Waals surface area contributed by atoms with E-state index >= 15 is 0 Å². The molecule has 0 aliphatic carbocycles. The first-order valence-electron chi connectivity index (χ1n) is 5.52. The monoisotopic (exact) mass is 237 g/mol. The van der Waals surface area contributed by atoms with E-state index in [1.807, 2.05) is 19.0 Å². The largest absolute Gasteiger partial charge is 0.316 e. The minimum absolute atomic E-state index is 0.160. The Labute approximate surface area is 99.8 Å². The predicted octanol–water partition coefficient (Wildman–Crippen LogP) is 0.734. The standard InChI is InChI=1S/C12H16FN3O/c1-15(2)5-6-16-10-7-8(13)3-4-9(10)11(14)12(16)17/h3-4,7,11H,5-6,14H2,1-2H3. The molecule has 1 amide bonds. The fourth-order valence-electron chi connectivity index (χ4n) is 1.96. The lowest BCUT2D eigenvalue weighted by atomic mass is 10.1. The third-order valence-corrected chi connectivity index (χ3v) is 2.92. The molecule has 5 heteroatoms. The average Bonchev–Trinajstić information content (AvgIpc) is 2.49. The third kappa shape index (κ3) is 2.16. The molecule has 1 aliphatic rings. The van der Waals surface area contributed by atoms with Gasteiger partial charge in [0.25, 0.3) is 0 Å². The van der Waals surface area contributed by atoms with Crippen LogP contribution in [-0.2, 0) is 4.79 Å². The number of halogens is 1. The first kappa shape index (κ1) is 12.0. The molecule has 1 aromatic rings. The van der Waals surface area contributed by atoms with Crippen molar-refractivity contribution in [1.82, 2.24) is 4.90 Å². The summed E-state index contributed by atoms with van der Waals surface area (Å²) in [4.78, 5) is 15.5. The fraction of sp³-hybridized carbons (Fsp3) is 0.417. The number of carbonyl (C=O) groups is 1. The van der Waals surface area contributed by atoms with Crippen LogP contribution < -0.4 is 10.6 Å². The summed E-state index contributed by atoms with van der Waals surface area (Å²) in [6.45, 7) is 1.24. The SMILES string of the molecule is CN(C)CCN1C(=O)C(N)c2ccc(F)cc21. The molecule has 0 saturated carbocycles. The molecule has 17 heavy (non-hydrogen) atoms. The maximum absolute atomic E-state index is 13.2. The quantitative estimate of drug-likeness (QED) is 0.843. The van der Waals surface area contributed by atoms with E-state index in [1.165, 1.54) is 12.1 Å². The lowest BCUT2D eigenvalue weighted by Gasteiger charge is -2.20. The van der Waals surface area contributed by atoms with Crippen LogP contribution in [0.5, 0.6) is 0 Å². The number of amides is 1. The van der Waals surface area contributed by atoms with Crippen LogP contribution in [0.3, 0.4) is 0 Å². The molecule has 2 rings (SSSR count). The van der Waals surface area contributed by atoms with E-state index in [-0.39, 0.29) is 11.7 Å². The van der Waals surface area contributed by atoms with Crippen LogP contribution in [0.25, 0.3) is 0 Å². The first-order valence-corrected chi connectivity index (χ1v) is 5.52. The summed E-state index contributed by atoms with van der Waals surface area (Å²) in [6.07, 6.45) is 0. The second kappa shape index (κ2) is 4.43. The number of fused-ring (bicyclic) bond motifs is 1. The Balaban J connectivity index is 2.29. The molecule has 0 saturated heterocycles. The Morgan fingerprint density at radius 2 is 2.18 bits per heavy atom. The van der Waals surface area contributed by atoms with Gasteiger partial charge in [0.05, 0.1) is 5.69 Å². The minimum atomic E-state index is -0.659. The van der Waals surface area contributed by atoms with E-state index in [2.05, 4.69) is 0 Å². The molecule has 4 nitrogen and oxygen atoms in total. The van der Waals surface area contributed by atoms with E-state index in [9.17, 15) is 9.18 Å². The molecule has 0 aromatic heterocycles. The molecule has 1 aromatic carbocycles. The van der Waals surface area contributed by atoms with Gasteiger partial charge in [-0.3, -0.25) is 4.79 Å². The summed E-state index contributed by atoms with van der Waals surface area (Å²) in [6, 6.07) is 3.63. The van der Waals surface area contributed by atoms with Crippen LogP contribution in [0.1, 0.15) is 11.6 Å². The molecule has 1 heterocycles. The lowest BCUT2D eigenvalue weighted by molar-refractivity contribution is -0.119. The van der Waals surface area contributed by atoms with Gasteiger partial charge in [0.15, 0.2) is 0 Å². The van der Waals surface area contributed by atoms with Crippen molar-refractivity contribution in [2.45, 2.75) is 6.04 Å². The second-order valence-electron chi connectivity index (χ2n) is 4.47. The van der Waals surface area contributed by atoms with Gasteiger partial charge < -0.3 is 15.5 Å². The Hall–Kier alpha value is -1.46. The number of carbonyl (C=O) groups excluding carboxylic acids is 1. The van der Waals surface area contributed by atoms with Crippen molar-refractivity contribution in [2.24, 2.45) is 5.73 Å². The Bertz CT molecular complexity index is 447. The zero-order valence-corrected chi connectivity index (χ0v) is 9.98. The molecular formula is C12H16FN3O.